The number of ether oxygens (including phenoxy) is 1. The summed E-state index contributed by atoms with van der Waals surface area (Å²) in [6.07, 6.45) is 10.2. The Kier molecular flexibility index (Phi) is 5.61. The Morgan fingerprint density at radius 1 is 1.44 bits per heavy atom. The molecule has 1 aliphatic carbocycles. The van der Waals surface area contributed by atoms with Gasteiger partial charge in [0.25, 0.3) is 0 Å². The van der Waals surface area contributed by atoms with Crippen LogP contribution < -0.4 is 5.32 Å². The van der Waals surface area contributed by atoms with Gasteiger partial charge in [0, 0.05) is 12.6 Å². The zero-order valence-corrected chi connectivity index (χ0v) is 11.2. The minimum absolute atomic E-state index is 0.415. The van der Waals surface area contributed by atoms with E-state index in [9.17, 15) is 0 Å². The van der Waals surface area contributed by atoms with Crippen molar-refractivity contribution in [2.24, 2.45) is 0 Å². The van der Waals surface area contributed by atoms with Gasteiger partial charge in [0.05, 0.1) is 12.6 Å². The second kappa shape index (κ2) is 7.48. The Balaban J connectivity index is 1.47. The summed E-state index contributed by atoms with van der Waals surface area (Å²) in [7, 11) is 0. The van der Waals surface area contributed by atoms with Gasteiger partial charge in [-0.2, -0.15) is 5.10 Å². The molecule has 5 nitrogen and oxygen atoms in total. The van der Waals surface area contributed by atoms with Crippen molar-refractivity contribution < 1.29 is 4.74 Å². The SMILES string of the molecule is CC(Cn1cncn1)NCCCOC1CCCC1. The molecule has 1 unspecified atom stereocenters. The largest absolute Gasteiger partial charge is 0.378 e. The van der Waals surface area contributed by atoms with Gasteiger partial charge in [-0.3, -0.25) is 4.68 Å². The van der Waals surface area contributed by atoms with Gasteiger partial charge in [0.1, 0.15) is 12.7 Å². The Morgan fingerprint density at radius 3 is 3.00 bits per heavy atom. The molecule has 18 heavy (non-hydrogen) atoms. The van der Waals surface area contributed by atoms with Crippen LogP contribution in [0.5, 0.6) is 0 Å². The van der Waals surface area contributed by atoms with E-state index in [1.807, 2.05) is 4.68 Å². The number of aromatic nitrogens is 3. The quantitative estimate of drug-likeness (QED) is 0.714. The van der Waals surface area contributed by atoms with Crippen LogP contribution in [0.2, 0.25) is 0 Å². The Hall–Kier alpha value is -0.940. The number of hydrogen-bond donors (Lipinski definition) is 1. The summed E-state index contributed by atoms with van der Waals surface area (Å²) in [5.41, 5.74) is 0. The third kappa shape index (κ3) is 4.74. The van der Waals surface area contributed by atoms with Gasteiger partial charge in [0.2, 0.25) is 0 Å². The highest BCUT2D eigenvalue weighted by atomic mass is 16.5. The van der Waals surface area contributed by atoms with E-state index in [1.54, 1.807) is 12.7 Å². The molecule has 1 aliphatic rings. The molecule has 0 aliphatic heterocycles. The molecule has 0 spiro atoms. The summed E-state index contributed by atoms with van der Waals surface area (Å²) in [6, 6.07) is 0.415. The number of hydrogen-bond acceptors (Lipinski definition) is 4. The van der Waals surface area contributed by atoms with Crippen LogP contribution in [0.1, 0.15) is 39.0 Å². The van der Waals surface area contributed by atoms with Crippen molar-refractivity contribution in [1.82, 2.24) is 20.1 Å². The fourth-order valence-corrected chi connectivity index (χ4v) is 2.40. The van der Waals surface area contributed by atoms with Crippen molar-refractivity contribution in [1.29, 1.82) is 0 Å². The van der Waals surface area contributed by atoms with Crippen LogP contribution in [0, 0.1) is 0 Å². The average molecular weight is 252 g/mol. The fraction of sp³-hybridized carbons (Fsp3) is 0.846. The van der Waals surface area contributed by atoms with Gasteiger partial charge < -0.3 is 10.1 Å². The van der Waals surface area contributed by atoms with E-state index in [0.29, 0.717) is 12.1 Å². The molecule has 0 bridgehead atoms. The van der Waals surface area contributed by atoms with Gasteiger partial charge in [-0.1, -0.05) is 12.8 Å². The first-order chi connectivity index (χ1) is 8.84. The fourth-order valence-electron chi connectivity index (χ4n) is 2.40. The highest BCUT2D eigenvalue weighted by Crippen LogP contribution is 2.20. The Bertz CT molecular complexity index is 309. The maximum atomic E-state index is 5.82. The predicted octanol–water partition coefficient (Wildman–Crippen LogP) is 1.61. The molecule has 5 heteroatoms. The van der Waals surface area contributed by atoms with Crippen molar-refractivity contribution in [2.75, 3.05) is 13.2 Å². The molecule has 102 valence electrons. The van der Waals surface area contributed by atoms with Crippen LogP contribution in [-0.2, 0) is 11.3 Å². The van der Waals surface area contributed by atoms with Gasteiger partial charge in [0.15, 0.2) is 0 Å². The van der Waals surface area contributed by atoms with Crippen molar-refractivity contribution in [3.05, 3.63) is 12.7 Å². The van der Waals surface area contributed by atoms with Crippen LogP contribution in [0.25, 0.3) is 0 Å². The molecule has 1 N–H and O–H groups in total. The minimum Gasteiger partial charge on any atom is -0.378 e. The molecule has 1 aromatic rings. The second-order valence-corrected chi connectivity index (χ2v) is 5.10. The highest BCUT2D eigenvalue weighted by molar-refractivity contribution is 4.67. The van der Waals surface area contributed by atoms with Gasteiger partial charge in [-0.25, -0.2) is 4.98 Å². The molecule has 1 heterocycles. The molecular weight excluding hydrogens is 228 g/mol. The number of nitrogens with one attached hydrogen (secondary N) is 1. The van der Waals surface area contributed by atoms with E-state index in [0.717, 1.165) is 26.1 Å². The van der Waals surface area contributed by atoms with Crippen molar-refractivity contribution >= 4 is 0 Å². The minimum atomic E-state index is 0.415. The molecule has 0 aromatic carbocycles. The van der Waals surface area contributed by atoms with Gasteiger partial charge in [-0.15, -0.1) is 0 Å². The van der Waals surface area contributed by atoms with Crippen LogP contribution in [0.15, 0.2) is 12.7 Å². The molecule has 1 aromatic heterocycles. The van der Waals surface area contributed by atoms with Gasteiger partial charge >= 0.3 is 0 Å². The number of nitrogens with zero attached hydrogens (tertiary/aromatic N) is 3. The van der Waals surface area contributed by atoms with E-state index >= 15 is 0 Å². The maximum absolute atomic E-state index is 5.82. The van der Waals surface area contributed by atoms with Crippen LogP contribution in [0.3, 0.4) is 0 Å². The summed E-state index contributed by atoms with van der Waals surface area (Å²) in [4.78, 5) is 3.93. The predicted molar refractivity (Wildman–Crippen MR) is 70.3 cm³/mol. The monoisotopic (exact) mass is 252 g/mol. The summed E-state index contributed by atoms with van der Waals surface area (Å²) in [5, 5.41) is 7.57. The summed E-state index contributed by atoms with van der Waals surface area (Å²) >= 11 is 0. The van der Waals surface area contributed by atoms with Crippen molar-refractivity contribution in [2.45, 2.75) is 57.7 Å². The lowest BCUT2D eigenvalue weighted by Gasteiger charge is -2.14. The van der Waals surface area contributed by atoms with Crippen LogP contribution in [-0.4, -0.2) is 40.1 Å². The van der Waals surface area contributed by atoms with E-state index in [-0.39, 0.29) is 0 Å². The normalized spacial score (nSPS) is 18.3. The lowest BCUT2D eigenvalue weighted by molar-refractivity contribution is 0.0566. The number of rotatable bonds is 8. The molecule has 0 radical (unpaired) electrons. The zero-order chi connectivity index (χ0) is 12.6. The van der Waals surface area contributed by atoms with Crippen molar-refractivity contribution in [3.63, 3.8) is 0 Å². The highest BCUT2D eigenvalue weighted by Gasteiger charge is 2.14. The molecule has 1 atom stereocenters. The topological polar surface area (TPSA) is 52.0 Å². The van der Waals surface area contributed by atoms with E-state index in [2.05, 4.69) is 22.3 Å². The zero-order valence-electron chi connectivity index (χ0n) is 11.2. The third-order valence-corrected chi connectivity index (χ3v) is 3.40. The van der Waals surface area contributed by atoms with E-state index in [1.165, 1.54) is 25.7 Å². The lowest BCUT2D eigenvalue weighted by Crippen LogP contribution is -2.32. The van der Waals surface area contributed by atoms with Crippen LogP contribution >= 0.6 is 0 Å². The lowest BCUT2D eigenvalue weighted by atomic mass is 10.3. The van der Waals surface area contributed by atoms with Crippen LogP contribution in [0.4, 0.5) is 0 Å². The maximum Gasteiger partial charge on any atom is 0.137 e. The van der Waals surface area contributed by atoms with E-state index in [4.69, 9.17) is 4.74 Å². The first-order valence-corrected chi connectivity index (χ1v) is 7.02. The summed E-state index contributed by atoms with van der Waals surface area (Å²) < 4.78 is 7.68. The van der Waals surface area contributed by atoms with Gasteiger partial charge in [-0.05, 0) is 32.7 Å². The molecule has 2 rings (SSSR count). The standard InChI is InChI=1S/C13H24N4O/c1-12(9-17-11-14-10-16-17)15-7-4-8-18-13-5-2-3-6-13/h10-13,15H,2-9H2,1H3. The molecular formula is C13H24N4O. The third-order valence-electron chi connectivity index (χ3n) is 3.40. The van der Waals surface area contributed by atoms with E-state index < -0.39 is 0 Å². The molecule has 1 fully saturated rings. The first kappa shape index (κ1) is 13.5. The second-order valence-electron chi connectivity index (χ2n) is 5.10. The summed E-state index contributed by atoms with van der Waals surface area (Å²) in [5.74, 6) is 0. The average Bonchev–Trinajstić information content (AvgIpc) is 3.01. The molecule has 1 saturated carbocycles. The molecule has 0 saturated heterocycles. The Morgan fingerprint density at radius 2 is 2.28 bits per heavy atom. The summed E-state index contributed by atoms with van der Waals surface area (Å²) in [6.45, 7) is 4.92. The first-order valence-electron chi connectivity index (χ1n) is 7.02. The van der Waals surface area contributed by atoms with Crippen molar-refractivity contribution in [3.8, 4) is 0 Å². The molecule has 0 amide bonds. The smallest absolute Gasteiger partial charge is 0.137 e. The Labute approximate surface area is 109 Å².